The standard InChI is InChI=1S/C19H28N2O5S/c1-25-18-8-7-17(27(23,24)21-10-2-3-11-21)13-15(18)6-9-19(22)20-14-16-5-4-12-26-16/h7-8,13,16H,2-6,9-12,14H2,1H3,(H,20,22). The highest BCUT2D eigenvalue weighted by atomic mass is 32.2. The average Bonchev–Trinajstić information content (AvgIpc) is 3.38. The number of rotatable bonds is 8. The van der Waals surface area contributed by atoms with E-state index in [1.54, 1.807) is 25.3 Å². The van der Waals surface area contributed by atoms with Crippen LogP contribution in [0, 0.1) is 0 Å². The second kappa shape index (κ2) is 9.03. The smallest absolute Gasteiger partial charge is 0.243 e. The molecule has 2 heterocycles. The van der Waals surface area contributed by atoms with Crippen LogP contribution in [-0.4, -0.2) is 58.1 Å². The van der Waals surface area contributed by atoms with Gasteiger partial charge in [0.1, 0.15) is 5.75 Å². The summed E-state index contributed by atoms with van der Waals surface area (Å²) in [5.41, 5.74) is 0.727. The lowest BCUT2D eigenvalue weighted by Crippen LogP contribution is -2.31. The lowest BCUT2D eigenvalue weighted by molar-refractivity contribution is -0.121. The number of hydrogen-bond acceptors (Lipinski definition) is 5. The summed E-state index contributed by atoms with van der Waals surface area (Å²) in [4.78, 5) is 12.4. The Morgan fingerprint density at radius 2 is 2.07 bits per heavy atom. The van der Waals surface area contributed by atoms with Gasteiger partial charge in [-0.3, -0.25) is 4.79 Å². The van der Waals surface area contributed by atoms with Crippen molar-refractivity contribution in [1.82, 2.24) is 9.62 Å². The maximum absolute atomic E-state index is 12.8. The third kappa shape index (κ3) is 5.00. The summed E-state index contributed by atoms with van der Waals surface area (Å²) in [6.45, 7) is 2.42. The number of nitrogens with zero attached hydrogens (tertiary/aromatic N) is 1. The number of sulfonamides is 1. The molecule has 3 rings (SSSR count). The molecule has 0 saturated carbocycles. The Morgan fingerprint density at radius 3 is 2.74 bits per heavy atom. The van der Waals surface area contributed by atoms with Crippen LogP contribution in [0.3, 0.4) is 0 Å². The summed E-state index contributed by atoms with van der Waals surface area (Å²) in [7, 11) is -1.94. The average molecular weight is 397 g/mol. The first-order chi connectivity index (χ1) is 13.0. The number of ether oxygens (including phenoxy) is 2. The molecule has 27 heavy (non-hydrogen) atoms. The molecule has 8 heteroatoms. The first kappa shape index (κ1) is 20.1. The minimum Gasteiger partial charge on any atom is -0.496 e. The van der Waals surface area contributed by atoms with Gasteiger partial charge in [-0.15, -0.1) is 0 Å². The van der Waals surface area contributed by atoms with Crippen LogP contribution < -0.4 is 10.1 Å². The van der Waals surface area contributed by atoms with E-state index in [1.165, 1.54) is 4.31 Å². The van der Waals surface area contributed by atoms with Crippen LogP contribution >= 0.6 is 0 Å². The minimum absolute atomic E-state index is 0.0691. The molecule has 2 aliphatic rings. The zero-order chi connectivity index (χ0) is 19.3. The number of aryl methyl sites for hydroxylation is 1. The van der Waals surface area contributed by atoms with Crippen LogP contribution in [0.2, 0.25) is 0 Å². The van der Waals surface area contributed by atoms with E-state index in [4.69, 9.17) is 9.47 Å². The van der Waals surface area contributed by atoms with Crippen molar-refractivity contribution in [2.75, 3.05) is 33.4 Å². The number of benzene rings is 1. The van der Waals surface area contributed by atoms with Crippen molar-refractivity contribution in [2.45, 2.75) is 49.5 Å². The van der Waals surface area contributed by atoms with Crippen LogP contribution in [0.5, 0.6) is 5.75 Å². The molecule has 2 saturated heterocycles. The number of carbonyl (C=O) groups is 1. The molecular weight excluding hydrogens is 368 g/mol. The molecule has 0 spiro atoms. The van der Waals surface area contributed by atoms with Gasteiger partial charge in [0.15, 0.2) is 0 Å². The Labute approximate surface area is 161 Å². The Bertz CT molecular complexity index is 753. The first-order valence-corrected chi connectivity index (χ1v) is 11.0. The molecule has 0 aromatic heterocycles. The van der Waals surface area contributed by atoms with Crippen molar-refractivity contribution in [1.29, 1.82) is 0 Å². The summed E-state index contributed by atoms with van der Waals surface area (Å²) in [5.74, 6) is 0.530. The van der Waals surface area contributed by atoms with Crippen molar-refractivity contribution in [3.8, 4) is 5.75 Å². The topological polar surface area (TPSA) is 84.9 Å². The molecule has 0 bridgehead atoms. The van der Waals surface area contributed by atoms with Gasteiger partial charge in [0.05, 0.1) is 18.1 Å². The number of hydrogen-bond donors (Lipinski definition) is 1. The Hall–Kier alpha value is -1.64. The molecule has 150 valence electrons. The number of methoxy groups -OCH3 is 1. The maximum Gasteiger partial charge on any atom is 0.243 e. The third-order valence-corrected chi connectivity index (χ3v) is 7.02. The third-order valence-electron chi connectivity index (χ3n) is 5.13. The fourth-order valence-electron chi connectivity index (χ4n) is 3.56. The summed E-state index contributed by atoms with van der Waals surface area (Å²) in [6, 6.07) is 4.88. The van der Waals surface area contributed by atoms with Gasteiger partial charge in [-0.2, -0.15) is 4.31 Å². The molecule has 1 amide bonds. The molecule has 7 nitrogen and oxygen atoms in total. The fraction of sp³-hybridized carbons (Fsp3) is 0.632. The van der Waals surface area contributed by atoms with E-state index in [0.29, 0.717) is 31.8 Å². The monoisotopic (exact) mass is 396 g/mol. The highest BCUT2D eigenvalue weighted by Gasteiger charge is 2.27. The molecule has 0 aliphatic carbocycles. The van der Waals surface area contributed by atoms with Crippen LogP contribution in [0.15, 0.2) is 23.1 Å². The predicted molar refractivity (Wildman–Crippen MR) is 101 cm³/mol. The van der Waals surface area contributed by atoms with Crippen LogP contribution in [0.25, 0.3) is 0 Å². The van der Waals surface area contributed by atoms with Gasteiger partial charge in [0, 0.05) is 32.7 Å². The lowest BCUT2D eigenvalue weighted by Gasteiger charge is -2.17. The highest BCUT2D eigenvalue weighted by molar-refractivity contribution is 7.89. The summed E-state index contributed by atoms with van der Waals surface area (Å²) in [6.07, 6.45) is 4.61. The molecule has 1 aromatic rings. The van der Waals surface area contributed by atoms with Crippen molar-refractivity contribution in [2.24, 2.45) is 0 Å². The Morgan fingerprint density at radius 1 is 1.30 bits per heavy atom. The number of carbonyl (C=O) groups excluding carboxylic acids is 1. The van der Waals surface area contributed by atoms with Crippen molar-refractivity contribution < 1.29 is 22.7 Å². The molecule has 2 fully saturated rings. The van der Waals surface area contributed by atoms with Crippen LogP contribution in [-0.2, 0) is 26.0 Å². The minimum atomic E-state index is -3.49. The Balaban J connectivity index is 1.63. The Kier molecular flexibility index (Phi) is 6.73. The number of amides is 1. The van der Waals surface area contributed by atoms with Gasteiger partial charge < -0.3 is 14.8 Å². The van der Waals surface area contributed by atoms with E-state index in [9.17, 15) is 13.2 Å². The zero-order valence-electron chi connectivity index (χ0n) is 15.8. The number of nitrogens with one attached hydrogen (secondary N) is 1. The molecule has 1 atom stereocenters. The molecular formula is C19H28N2O5S. The largest absolute Gasteiger partial charge is 0.496 e. The predicted octanol–water partition coefficient (Wildman–Crippen LogP) is 1.71. The van der Waals surface area contributed by atoms with Crippen LogP contribution in [0.4, 0.5) is 0 Å². The maximum atomic E-state index is 12.8. The van der Waals surface area contributed by atoms with Gasteiger partial charge in [0.25, 0.3) is 0 Å². The SMILES string of the molecule is COc1ccc(S(=O)(=O)N2CCCC2)cc1CCC(=O)NCC1CCCO1. The molecule has 2 aliphatic heterocycles. The molecule has 1 unspecified atom stereocenters. The summed E-state index contributed by atoms with van der Waals surface area (Å²) < 4.78 is 37.9. The van der Waals surface area contributed by atoms with E-state index in [-0.39, 0.29) is 23.3 Å². The first-order valence-electron chi connectivity index (χ1n) is 9.56. The zero-order valence-corrected chi connectivity index (χ0v) is 16.6. The van der Waals surface area contributed by atoms with Crippen molar-refractivity contribution >= 4 is 15.9 Å². The highest BCUT2D eigenvalue weighted by Crippen LogP contribution is 2.27. The molecule has 0 radical (unpaired) electrons. The fourth-order valence-corrected chi connectivity index (χ4v) is 5.13. The summed E-state index contributed by atoms with van der Waals surface area (Å²) >= 11 is 0. The van der Waals surface area contributed by atoms with Crippen molar-refractivity contribution in [3.63, 3.8) is 0 Å². The summed E-state index contributed by atoms with van der Waals surface area (Å²) in [5, 5.41) is 2.89. The van der Waals surface area contributed by atoms with E-state index < -0.39 is 10.0 Å². The van der Waals surface area contributed by atoms with E-state index in [1.807, 2.05) is 0 Å². The van der Waals surface area contributed by atoms with E-state index >= 15 is 0 Å². The lowest BCUT2D eigenvalue weighted by atomic mass is 10.1. The van der Waals surface area contributed by atoms with Crippen molar-refractivity contribution in [3.05, 3.63) is 23.8 Å². The van der Waals surface area contributed by atoms with Gasteiger partial charge >= 0.3 is 0 Å². The van der Waals surface area contributed by atoms with Gasteiger partial charge in [0.2, 0.25) is 15.9 Å². The van der Waals surface area contributed by atoms with E-state index in [2.05, 4.69) is 5.32 Å². The van der Waals surface area contributed by atoms with Gasteiger partial charge in [-0.05, 0) is 55.9 Å². The second-order valence-corrected chi connectivity index (χ2v) is 8.96. The van der Waals surface area contributed by atoms with Gasteiger partial charge in [-0.1, -0.05) is 0 Å². The quantitative estimate of drug-likeness (QED) is 0.723. The second-order valence-electron chi connectivity index (χ2n) is 7.02. The van der Waals surface area contributed by atoms with E-state index in [0.717, 1.165) is 37.9 Å². The van der Waals surface area contributed by atoms with Gasteiger partial charge in [-0.25, -0.2) is 8.42 Å². The van der Waals surface area contributed by atoms with Crippen LogP contribution in [0.1, 0.15) is 37.7 Å². The molecule has 1 aromatic carbocycles. The molecule has 1 N–H and O–H groups in total. The normalized spacial score (nSPS) is 20.7.